The molecule has 1 aromatic heterocycles. The minimum atomic E-state index is -3.49. The molecule has 31 heavy (non-hydrogen) atoms. The topological polar surface area (TPSA) is 80.1 Å². The van der Waals surface area contributed by atoms with Crippen LogP contribution in [0.1, 0.15) is 40.5 Å². The first kappa shape index (κ1) is 22.4. The number of carbonyl (C=O) groups excluding carboxylic acids is 1. The van der Waals surface area contributed by atoms with E-state index in [4.69, 9.17) is 4.74 Å². The second-order valence-electron chi connectivity index (χ2n) is 8.04. The molecule has 0 saturated carbocycles. The van der Waals surface area contributed by atoms with E-state index in [1.165, 1.54) is 9.78 Å². The lowest BCUT2D eigenvalue weighted by atomic mass is 10.1. The third kappa shape index (κ3) is 5.35. The van der Waals surface area contributed by atoms with E-state index in [-0.39, 0.29) is 16.8 Å². The minimum Gasteiger partial charge on any atom is -0.370 e. The number of hydrogen-bond acceptors (Lipinski definition) is 5. The van der Waals surface area contributed by atoms with Crippen molar-refractivity contribution < 1.29 is 22.8 Å². The largest absolute Gasteiger partial charge is 0.370 e. The normalized spacial score (nSPS) is 19.7. The molecule has 0 aliphatic carbocycles. The number of piperidine rings is 1. The van der Waals surface area contributed by atoms with Crippen LogP contribution >= 0.6 is 11.3 Å². The summed E-state index contributed by atoms with van der Waals surface area (Å²) in [7, 11) is -3.49. The number of nitrogens with zero attached hydrogens (tertiary/aromatic N) is 1. The summed E-state index contributed by atoms with van der Waals surface area (Å²) in [5.74, 6) is -0.184. The number of morpholine rings is 1. The molecule has 0 radical (unpaired) electrons. The van der Waals surface area contributed by atoms with Gasteiger partial charge in [0, 0.05) is 18.7 Å². The summed E-state index contributed by atoms with van der Waals surface area (Å²) in [6.07, 6.45) is 2.87. The molecule has 2 N–H and O–H groups in total. The van der Waals surface area contributed by atoms with E-state index >= 15 is 0 Å². The number of ether oxygens (including phenoxy) is 1. The number of benzene rings is 1. The molecule has 0 bridgehead atoms. The quantitative estimate of drug-likeness (QED) is 0.648. The molecule has 7 nitrogen and oxygen atoms in total. The molecule has 9 heteroatoms. The van der Waals surface area contributed by atoms with Crippen LogP contribution in [0.5, 0.6) is 0 Å². The molecule has 2 fully saturated rings. The van der Waals surface area contributed by atoms with Crippen LogP contribution in [0.4, 0.5) is 0 Å². The van der Waals surface area contributed by atoms with Crippen molar-refractivity contribution in [3.63, 3.8) is 0 Å². The summed E-state index contributed by atoms with van der Waals surface area (Å²) in [5, 5.41) is 5.11. The smallest absolute Gasteiger partial charge is 0.251 e. The van der Waals surface area contributed by atoms with Crippen molar-refractivity contribution in [3.05, 3.63) is 52.2 Å². The fraction of sp³-hybridized carbons (Fsp3) is 0.500. The molecule has 2 aromatic rings. The van der Waals surface area contributed by atoms with E-state index in [0.29, 0.717) is 25.2 Å². The zero-order valence-electron chi connectivity index (χ0n) is 17.6. The predicted molar refractivity (Wildman–Crippen MR) is 120 cm³/mol. The van der Waals surface area contributed by atoms with E-state index < -0.39 is 10.0 Å². The summed E-state index contributed by atoms with van der Waals surface area (Å²) in [6, 6.07) is 10.6. The lowest BCUT2D eigenvalue weighted by Gasteiger charge is -2.31. The van der Waals surface area contributed by atoms with Crippen molar-refractivity contribution >= 4 is 27.3 Å². The molecule has 1 aromatic carbocycles. The molecule has 2 saturated heterocycles. The van der Waals surface area contributed by atoms with Crippen LogP contribution in [0.25, 0.3) is 0 Å². The molecular formula is C22H30N3O4S2+. The first-order valence-corrected chi connectivity index (χ1v) is 13.2. The van der Waals surface area contributed by atoms with Gasteiger partial charge in [-0.3, -0.25) is 4.79 Å². The SMILES string of the molecule is O=C(NC[C@@H](c1cccs1)[NH+]1CCOCC1)c1ccc(S(=O)(=O)N2CCCCC2)cc1. The highest BCUT2D eigenvalue weighted by Crippen LogP contribution is 2.21. The third-order valence-electron chi connectivity index (χ3n) is 6.05. The van der Waals surface area contributed by atoms with Crippen molar-refractivity contribution in [1.82, 2.24) is 9.62 Å². The van der Waals surface area contributed by atoms with Gasteiger partial charge in [0.1, 0.15) is 19.1 Å². The molecule has 1 atom stereocenters. The highest BCUT2D eigenvalue weighted by Gasteiger charge is 2.28. The number of thiophene rings is 1. The third-order valence-corrected chi connectivity index (χ3v) is 8.95. The van der Waals surface area contributed by atoms with Gasteiger partial charge >= 0.3 is 0 Å². The fourth-order valence-corrected chi connectivity index (χ4v) is 6.65. The van der Waals surface area contributed by atoms with Crippen molar-refractivity contribution in [1.29, 1.82) is 0 Å². The van der Waals surface area contributed by atoms with Crippen molar-refractivity contribution in [2.24, 2.45) is 0 Å². The highest BCUT2D eigenvalue weighted by atomic mass is 32.2. The number of nitrogens with one attached hydrogen (secondary N) is 2. The van der Waals surface area contributed by atoms with Gasteiger partial charge in [-0.1, -0.05) is 12.5 Å². The Morgan fingerprint density at radius 2 is 1.81 bits per heavy atom. The molecule has 2 aliphatic rings. The fourth-order valence-electron chi connectivity index (χ4n) is 4.25. The number of amides is 1. The van der Waals surface area contributed by atoms with Gasteiger partial charge in [-0.05, 0) is 48.6 Å². The van der Waals surface area contributed by atoms with Gasteiger partial charge in [0.05, 0.1) is 29.5 Å². The van der Waals surface area contributed by atoms with Crippen LogP contribution in [0.15, 0.2) is 46.7 Å². The average Bonchev–Trinajstić information content (AvgIpc) is 3.35. The molecule has 3 heterocycles. The average molecular weight is 465 g/mol. The van der Waals surface area contributed by atoms with E-state index in [1.54, 1.807) is 39.9 Å². The minimum absolute atomic E-state index is 0.184. The summed E-state index contributed by atoms with van der Waals surface area (Å²) < 4.78 is 32.6. The van der Waals surface area contributed by atoms with Crippen molar-refractivity contribution in [2.75, 3.05) is 45.9 Å². The lowest BCUT2D eigenvalue weighted by Crippen LogP contribution is -3.15. The van der Waals surface area contributed by atoms with Gasteiger partial charge in [0.15, 0.2) is 0 Å². The summed E-state index contributed by atoms with van der Waals surface area (Å²) in [4.78, 5) is 15.7. The Labute approximate surface area is 188 Å². The predicted octanol–water partition coefficient (Wildman–Crippen LogP) is 1.31. The number of quaternary nitrogens is 1. The van der Waals surface area contributed by atoms with Crippen LogP contribution < -0.4 is 10.2 Å². The van der Waals surface area contributed by atoms with Gasteiger partial charge in [-0.25, -0.2) is 8.42 Å². The van der Waals surface area contributed by atoms with E-state index in [1.807, 2.05) is 6.07 Å². The van der Waals surface area contributed by atoms with E-state index in [0.717, 1.165) is 45.6 Å². The molecule has 0 unspecified atom stereocenters. The van der Waals surface area contributed by atoms with Crippen molar-refractivity contribution in [3.8, 4) is 0 Å². The molecule has 168 valence electrons. The standard InChI is InChI=1S/C22H29N3O4S2/c26-22(23-17-20(21-5-4-16-30-21)24-12-14-29-15-13-24)18-6-8-19(9-7-18)31(27,28)25-10-2-1-3-11-25/h4-9,16,20H,1-3,10-15,17H2,(H,23,26)/p+1/t20-/m0/s1. The van der Waals surface area contributed by atoms with Crippen LogP contribution in [-0.2, 0) is 14.8 Å². The van der Waals surface area contributed by atoms with Gasteiger partial charge in [-0.2, -0.15) is 4.31 Å². The zero-order valence-corrected chi connectivity index (χ0v) is 19.2. The van der Waals surface area contributed by atoms with E-state index in [9.17, 15) is 13.2 Å². The monoisotopic (exact) mass is 464 g/mol. The Balaban J connectivity index is 1.41. The number of hydrogen-bond donors (Lipinski definition) is 2. The number of rotatable bonds is 7. The molecule has 1 amide bonds. The molecular weight excluding hydrogens is 434 g/mol. The molecule has 2 aliphatic heterocycles. The maximum atomic E-state index is 12.8. The second-order valence-corrected chi connectivity index (χ2v) is 11.0. The lowest BCUT2D eigenvalue weighted by molar-refractivity contribution is -0.937. The van der Waals surface area contributed by atoms with Gasteiger partial charge in [0.25, 0.3) is 5.91 Å². The summed E-state index contributed by atoms with van der Waals surface area (Å²) in [6.45, 7) is 4.97. The first-order chi connectivity index (χ1) is 15.1. The first-order valence-electron chi connectivity index (χ1n) is 10.9. The van der Waals surface area contributed by atoms with Crippen molar-refractivity contribution in [2.45, 2.75) is 30.2 Å². The Morgan fingerprint density at radius 1 is 1.10 bits per heavy atom. The van der Waals surface area contributed by atoms with Gasteiger partial charge in [-0.15, -0.1) is 11.3 Å². The van der Waals surface area contributed by atoms with Crippen LogP contribution in [0.3, 0.4) is 0 Å². The van der Waals surface area contributed by atoms with Crippen LogP contribution in [0, 0.1) is 0 Å². The Hall–Kier alpha value is -1.78. The summed E-state index contributed by atoms with van der Waals surface area (Å²) in [5.41, 5.74) is 0.472. The second kappa shape index (κ2) is 10.2. The number of carbonyl (C=O) groups is 1. The zero-order chi connectivity index (χ0) is 21.7. The highest BCUT2D eigenvalue weighted by molar-refractivity contribution is 7.89. The Bertz CT molecular complexity index is 949. The van der Waals surface area contributed by atoms with E-state index in [2.05, 4.69) is 16.8 Å². The Kier molecular flexibility index (Phi) is 7.39. The maximum absolute atomic E-state index is 12.8. The molecule has 0 spiro atoms. The van der Waals surface area contributed by atoms with Crippen LogP contribution in [-0.4, -0.2) is 64.6 Å². The summed E-state index contributed by atoms with van der Waals surface area (Å²) >= 11 is 1.71. The van der Waals surface area contributed by atoms with Gasteiger partial charge < -0.3 is 15.0 Å². The van der Waals surface area contributed by atoms with Gasteiger partial charge in [0.2, 0.25) is 10.0 Å². The maximum Gasteiger partial charge on any atom is 0.251 e. The molecule has 4 rings (SSSR count). The Morgan fingerprint density at radius 3 is 2.45 bits per heavy atom. The number of sulfonamides is 1. The van der Waals surface area contributed by atoms with Crippen LogP contribution in [0.2, 0.25) is 0 Å².